The van der Waals surface area contributed by atoms with Gasteiger partial charge < -0.3 is 19.4 Å². The number of hydrogen-bond acceptors (Lipinski definition) is 8. The minimum atomic E-state index is -0.352. The van der Waals surface area contributed by atoms with Gasteiger partial charge in [-0.3, -0.25) is 0 Å². The van der Waals surface area contributed by atoms with Crippen molar-refractivity contribution >= 4 is 397 Å². The van der Waals surface area contributed by atoms with Gasteiger partial charge in [0.2, 0.25) is 0 Å². The molecular weight excluding hydrogens is 1810 g/mol. The molecule has 83 heavy (non-hydrogen) atoms. The van der Waals surface area contributed by atoms with Crippen molar-refractivity contribution in [2.45, 2.75) is 57.2 Å². The van der Waals surface area contributed by atoms with Gasteiger partial charge >= 0.3 is 11.9 Å². The molecule has 2 aromatic heterocycles. The van der Waals surface area contributed by atoms with Crippen molar-refractivity contribution in [2.75, 3.05) is 13.2 Å². The van der Waals surface area contributed by atoms with Crippen LogP contribution in [0.1, 0.15) is 60.8 Å². The number of fused-ring (bicyclic) bond motifs is 2. The lowest BCUT2D eigenvalue weighted by Gasteiger charge is -2.05. The first-order valence-corrected chi connectivity index (χ1v) is 67.5. The molecule has 2 heterocycles. The van der Waals surface area contributed by atoms with Crippen LogP contribution in [0.3, 0.4) is 0 Å². The molecule has 464 valence electrons. The van der Waals surface area contributed by atoms with E-state index < -0.39 is 0 Å². The quantitative estimate of drug-likeness (QED) is 0.113. The van der Waals surface area contributed by atoms with E-state index in [0.717, 1.165) is 36.5 Å². The SMILES string of the molecule is C.C.CCOC(=O)c1[nH]c2ccc(Cl)cc2c1Sc1ccc(C)cc1.CCOC(=O)c1cc2cc(Cl)ccc2[nH]1.Cc1ccc(S)cc1.S=S=S=S=S=S=S=S=S=S=S=S=S=S=S=S=S=S=S=S=S=S=S=S=S=S=S=S=S=S=S=S=S=S=S. The third-order valence-corrected chi connectivity index (χ3v) is 80.4. The highest BCUT2D eigenvalue weighted by Crippen LogP contribution is 2.38. The van der Waals surface area contributed by atoms with E-state index in [1.165, 1.54) is 40.6 Å². The Hall–Kier alpha value is 3.88. The largest absolute Gasteiger partial charge is 0.461 e. The van der Waals surface area contributed by atoms with Crippen molar-refractivity contribution in [3.8, 4) is 0 Å². The van der Waals surface area contributed by atoms with Crippen molar-refractivity contribution in [2.24, 2.45) is 0 Å². The summed E-state index contributed by atoms with van der Waals surface area (Å²) in [7, 11) is 58.2. The second kappa shape index (κ2) is 57.3. The van der Waals surface area contributed by atoms with Gasteiger partial charge in [0.05, 0.1) is 18.1 Å². The molecule has 0 saturated carbocycles. The number of benzene rings is 4. The van der Waals surface area contributed by atoms with E-state index >= 15 is 0 Å². The van der Waals surface area contributed by atoms with Crippen LogP contribution in [0.4, 0.5) is 0 Å². The number of hydrogen-bond donors (Lipinski definition) is 3. The minimum Gasteiger partial charge on any atom is -0.461 e. The second-order valence-electron chi connectivity index (χ2n) is 12.4. The lowest BCUT2D eigenvalue weighted by atomic mass is 10.2. The number of carbonyl (C=O) groups excluding carboxylic acids is 2. The number of carbonyl (C=O) groups is 2. The zero-order chi connectivity index (χ0) is 58.6. The molecule has 0 radical (unpaired) electrons. The van der Waals surface area contributed by atoms with E-state index in [1.54, 1.807) is 145 Å². The number of esters is 2. The van der Waals surface area contributed by atoms with Gasteiger partial charge in [-0.15, -0.1) is 12.6 Å². The van der Waals surface area contributed by atoms with E-state index in [4.69, 9.17) is 55.1 Å². The standard InChI is InChI=1S/C18H16ClNO2S.C11H10ClNO2.C7H8S.2CH4.S35/c1-3-22-18(21)16-17(23-13-7-4-11(2)5-8-13)14-10-12(19)6-9-15(14)20-16;1-2-15-11(14)10-6-7-5-8(12)3-4-9(7)13-10;1-6-2-4-7(8)5-3-6;;;1-3-5-7-9-11-13-15-17-19-21-23-25-27-29-31-33-35-34-32-30-28-26-24-22-20-18-16-14-12-10-8-6-4-2/h4-10,20H,3H2,1-2H3;3-6,13H,2H2,1H3;2-5,8H,1H3;2*1H4;. The highest BCUT2D eigenvalue weighted by atomic mass is 35.5. The number of halogens is 2. The maximum absolute atomic E-state index is 12.3. The monoisotopic (exact) mass is 1840 g/mol. The maximum Gasteiger partial charge on any atom is 0.355 e. The Kier molecular flexibility index (Phi) is 58.6. The fourth-order valence-electron chi connectivity index (χ4n) is 4.64. The van der Waals surface area contributed by atoms with Crippen LogP contribution in [-0.4, -0.2) is 35.1 Å². The predicted molar refractivity (Wildman–Crippen MR) is 464 cm³/mol. The summed E-state index contributed by atoms with van der Waals surface area (Å²) in [4.78, 5) is 32.7. The molecule has 0 spiro atoms. The molecule has 0 amide bonds. The van der Waals surface area contributed by atoms with Gasteiger partial charge in [-0.1, -0.05) is 85.2 Å². The van der Waals surface area contributed by atoms with Crippen LogP contribution in [0.15, 0.2) is 106 Å². The summed E-state index contributed by atoms with van der Waals surface area (Å²) < 4.78 is 10.1. The van der Waals surface area contributed by atoms with E-state index in [2.05, 4.69) is 29.5 Å². The molecule has 0 aliphatic rings. The van der Waals surface area contributed by atoms with E-state index in [0.29, 0.717) is 34.6 Å². The van der Waals surface area contributed by atoms with Crippen LogP contribution in [0.25, 0.3) is 21.8 Å². The number of rotatable bonds is 6. The Morgan fingerprint density at radius 3 is 1.18 bits per heavy atom. The molecule has 6 rings (SSSR count). The summed E-state index contributed by atoms with van der Waals surface area (Å²) in [5, 5.41) is 3.12. The molecule has 0 saturated heterocycles. The summed E-state index contributed by atoms with van der Waals surface area (Å²) >= 11 is 27.2. The summed E-state index contributed by atoms with van der Waals surface area (Å²) in [5.41, 5.74) is 5.14. The van der Waals surface area contributed by atoms with E-state index in [1.807, 2.05) is 242 Å². The fraction of sp³-hybridized carbons (Fsp3) is 0.211. The van der Waals surface area contributed by atoms with Gasteiger partial charge in [-0.2, -0.15) is 0 Å². The smallest absolute Gasteiger partial charge is 0.355 e. The molecule has 0 atom stereocenters. The summed E-state index contributed by atoms with van der Waals surface area (Å²) in [6.45, 7) is 8.39. The summed E-state index contributed by atoms with van der Waals surface area (Å²) in [6, 6.07) is 28.9. The number of aromatic nitrogens is 2. The number of aromatic amines is 2. The summed E-state index contributed by atoms with van der Waals surface area (Å²) in [6.07, 6.45) is 0. The van der Waals surface area contributed by atoms with Crippen molar-refractivity contribution in [1.82, 2.24) is 9.97 Å². The number of nitrogens with one attached hydrogen (secondary N) is 2. The van der Waals surface area contributed by atoms with Gasteiger partial charge in [-0.05, 0) is 94.4 Å². The number of H-pyrrole nitrogens is 2. The molecule has 0 bridgehead atoms. The fourth-order valence-corrected chi connectivity index (χ4v) is 91.2. The number of thiol groups is 1. The Balaban J connectivity index is 0.000000609. The van der Waals surface area contributed by atoms with Crippen LogP contribution in [-0.2, 0) is 325 Å². The van der Waals surface area contributed by atoms with Crippen LogP contribution in [0.5, 0.6) is 0 Å². The van der Waals surface area contributed by atoms with E-state index in [-0.39, 0.29) is 26.8 Å². The van der Waals surface area contributed by atoms with Crippen molar-refractivity contribution < 1.29 is 19.1 Å². The van der Waals surface area contributed by atoms with Gasteiger partial charge in [0, 0.05) is 357 Å². The minimum absolute atomic E-state index is 0. The first kappa shape index (κ1) is 84.9. The molecule has 6 aromatic rings. The number of ether oxygens (including phenoxy) is 2. The lowest BCUT2D eigenvalue weighted by molar-refractivity contribution is 0.0509. The van der Waals surface area contributed by atoms with Crippen molar-refractivity contribution in [1.29, 1.82) is 0 Å². The highest BCUT2D eigenvalue weighted by molar-refractivity contribution is 8.80. The Labute approximate surface area is 607 Å². The first-order chi connectivity index (χ1) is 39.5. The normalized spacial score (nSPS) is 9.05. The van der Waals surface area contributed by atoms with Gasteiger partial charge in [-0.25, -0.2) is 9.59 Å². The van der Waals surface area contributed by atoms with Crippen LogP contribution in [0.2, 0.25) is 10.0 Å². The van der Waals surface area contributed by atoms with Crippen molar-refractivity contribution in [3.63, 3.8) is 0 Å². The van der Waals surface area contributed by atoms with Gasteiger partial charge in [0.15, 0.2) is 0 Å². The molecule has 0 fully saturated rings. The third kappa shape index (κ3) is 42.0. The molecule has 0 unspecified atom stereocenters. The molecule has 4 aromatic carbocycles. The molecule has 45 heteroatoms. The first-order valence-electron chi connectivity index (χ1n) is 20.2. The van der Waals surface area contributed by atoms with Crippen LogP contribution >= 0.6 is 47.6 Å². The van der Waals surface area contributed by atoms with Gasteiger partial charge in [0.25, 0.3) is 0 Å². The average Bonchev–Trinajstić information content (AvgIpc) is 4.30. The predicted octanol–water partition coefficient (Wildman–Crippen LogP) is 11.9. The van der Waals surface area contributed by atoms with Crippen LogP contribution < -0.4 is 0 Å². The topological polar surface area (TPSA) is 84.2 Å². The average molecular weight is 1850 g/mol. The third-order valence-electron chi connectivity index (χ3n) is 7.43. The molecule has 2 N–H and O–H groups in total. The second-order valence-corrected chi connectivity index (χ2v) is 73.2. The van der Waals surface area contributed by atoms with Crippen molar-refractivity contribution in [3.05, 3.63) is 124 Å². The van der Waals surface area contributed by atoms with Crippen LogP contribution in [0, 0.1) is 13.8 Å². The summed E-state index contributed by atoms with van der Waals surface area (Å²) in [5.74, 6) is -0.695. The zero-order valence-electron chi connectivity index (χ0n) is 40.1. The highest BCUT2D eigenvalue weighted by Gasteiger charge is 2.20. The van der Waals surface area contributed by atoms with Gasteiger partial charge in [0.1, 0.15) is 11.4 Å². The van der Waals surface area contributed by atoms with E-state index in [9.17, 15) is 9.59 Å². The lowest BCUT2D eigenvalue weighted by Crippen LogP contribution is -2.06. The number of aryl methyl sites for hydroxylation is 2. The Morgan fingerprint density at radius 1 is 0.458 bits per heavy atom. The zero-order valence-corrected chi connectivity index (χ0v) is 71.9. The Bertz CT molecular complexity index is 4620. The molecule has 0 aliphatic carbocycles. The molecule has 0 aliphatic heterocycles. The Morgan fingerprint density at radius 2 is 0.807 bits per heavy atom. The maximum atomic E-state index is 12.3. The molecule has 6 nitrogen and oxygen atoms in total. The molecular formula is C38H42Cl2N2O4S37.